The van der Waals surface area contributed by atoms with Crippen molar-refractivity contribution >= 4 is 28.6 Å². The number of carbonyl (C=O) groups is 1. The predicted molar refractivity (Wildman–Crippen MR) is 110 cm³/mol. The molecule has 146 valence electrons. The zero-order valence-corrected chi connectivity index (χ0v) is 15.8. The van der Waals surface area contributed by atoms with Gasteiger partial charge >= 0.3 is 0 Å². The van der Waals surface area contributed by atoms with Crippen LogP contribution in [0.4, 0.5) is 11.4 Å². The number of para-hydroxylation sites is 1. The van der Waals surface area contributed by atoms with Crippen LogP contribution in [0.5, 0.6) is 0 Å². The number of aromatic nitrogens is 2. The normalized spacial score (nSPS) is 16.2. The average molecular weight is 380 g/mol. The number of morpholine rings is 1. The van der Waals surface area contributed by atoms with Crippen molar-refractivity contribution in [2.45, 2.75) is 6.10 Å². The Morgan fingerprint density at radius 1 is 1.25 bits per heavy atom. The standard InChI is InChI=1S/C11H14N2O3.C10H10N2/c14-7-9-5-10(1-2-12-9)13-3-4-16-11(6-13)8-15;1-11-9-6-2-4-8-5-3-7-12-10(8)9/h1-2,5,7,11,15H,3-4,6,8H2;2-7,11H,1H3/t11-;/m0./s1. The molecule has 1 aliphatic heterocycles. The van der Waals surface area contributed by atoms with E-state index in [1.165, 1.54) is 5.39 Å². The Kier molecular flexibility index (Phi) is 6.89. The number of aliphatic hydroxyl groups is 1. The molecule has 0 aliphatic carbocycles. The number of nitrogens with one attached hydrogen (secondary N) is 1. The monoisotopic (exact) mass is 380 g/mol. The van der Waals surface area contributed by atoms with Gasteiger partial charge < -0.3 is 20.1 Å². The van der Waals surface area contributed by atoms with Crippen LogP contribution in [-0.4, -0.2) is 60.8 Å². The van der Waals surface area contributed by atoms with Gasteiger partial charge in [-0.2, -0.15) is 0 Å². The molecule has 1 aromatic carbocycles. The van der Waals surface area contributed by atoms with Gasteiger partial charge in [-0.3, -0.25) is 14.8 Å². The molecular formula is C21H24N4O3. The van der Waals surface area contributed by atoms with Gasteiger partial charge in [-0.15, -0.1) is 0 Å². The van der Waals surface area contributed by atoms with Crippen LogP contribution < -0.4 is 10.2 Å². The van der Waals surface area contributed by atoms with Crippen LogP contribution in [0.25, 0.3) is 10.9 Å². The first-order valence-electron chi connectivity index (χ1n) is 9.15. The molecule has 1 atom stereocenters. The van der Waals surface area contributed by atoms with Crippen molar-refractivity contribution in [3.8, 4) is 0 Å². The average Bonchev–Trinajstić information content (AvgIpc) is 2.79. The topological polar surface area (TPSA) is 87.6 Å². The van der Waals surface area contributed by atoms with Gasteiger partial charge in [-0.05, 0) is 24.3 Å². The summed E-state index contributed by atoms with van der Waals surface area (Å²) in [6, 6.07) is 13.7. The van der Waals surface area contributed by atoms with E-state index in [4.69, 9.17) is 9.84 Å². The van der Waals surface area contributed by atoms with Gasteiger partial charge in [0.1, 0.15) is 5.69 Å². The summed E-state index contributed by atoms with van der Waals surface area (Å²) < 4.78 is 5.36. The van der Waals surface area contributed by atoms with Crippen LogP contribution in [0.1, 0.15) is 10.5 Å². The zero-order valence-electron chi connectivity index (χ0n) is 15.8. The van der Waals surface area contributed by atoms with E-state index >= 15 is 0 Å². The lowest BCUT2D eigenvalue weighted by Crippen LogP contribution is -2.44. The summed E-state index contributed by atoms with van der Waals surface area (Å²) in [5.74, 6) is 0. The molecule has 7 nitrogen and oxygen atoms in total. The Balaban J connectivity index is 0.000000167. The van der Waals surface area contributed by atoms with Crippen molar-refractivity contribution in [3.63, 3.8) is 0 Å². The van der Waals surface area contributed by atoms with Crippen LogP contribution in [0, 0.1) is 0 Å². The second-order valence-corrected chi connectivity index (χ2v) is 6.31. The predicted octanol–water partition coefficient (Wildman–Crippen LogP) is 2.37. The molecule has 0 bridgehead atoms. The summed E-state index contributed by atoms with van der Waals surface area (Å²) >= 11 is 0. The first-order chi connectivity index (χ1) is 13.7. The number of ether oxygens (including phenoxy) is 1. The largest absolute Gasteiger partial charge is 0.394 e. The zero-order chi connectivity index (χ0) is 19.8. The van der Waals surface area contributed by atoms with E-state index in [1.54, 1.807) is 12.3 Å². The molecule has 1 aliphatic rings. The van der Waals surface area contributed by atoms with Crippen molar-refractivity contribution in [3.05, 3.63) is 60.6 Å². The van der Waals surface area contributed by atoms with E-state index in [0.717, 1.165) is 29.7 Å². The number of aldehydes is 1. The quantitative estimate of drug-likeness (QED) is 0.672. The van der Waals surface area contributed by atoms with Crippen LogP contribution in [0.2, 0.25) is 0 Å². The van der Waals surface area contributed by atoms with Gasteiger partial charge in [0.25, 0.3) is 0 Å². The minimum absolute atomic E-state index is 0.0160. The highest BCUT2D eigenvalue weighted by Crippen LogP contribution is 2.19. The third-order valence-corrected chi connectivity index (χ3v) is 4.50. The van der Waals surface area contributed by atoms with Gasteiger partial charge in [0.05, 0.1) is 30.5 Å². The molecule has 0 saturated carbocycles. The molecule has 0 unspecified atom stereocenters. The van der Waals surface area contributed by atoms with Crippen LogP contribution in [-0.2, 0) is 4.74 Å². The van der Waals surface area contributed by atoms with E-state index in [9.17, 15) is 4.79 Å². The molecule has 4 rings (SSSR count). The lowest BCUT2D eigenvalue weighted by molar-refractivity contribution is 0.00356. The Morgan fingerprint density at radius 3 is 2.89 bits per heavy atom. The number of anilines is 2. The van der Waals surface area contributed by atoms with Crippen LogP contribution >= 0.6 is 0 Å². The second kappa shape index (κ2) is 9.77. The summed E-state index contributed by atoms with van der Waals surface area (Å²) in [6.45, 7) is 2.00. The molecule has 3 heterocycles. The second-order valence-electron chi connectivity index (χ2n) is 6.31. The van der Waals surface area contributed by atoms with Crippen LogP contribution in [0.3, 0.4) is 0 Å². The highest BCUT2D eigenvalue weighted by atomic mass is 16.5. The van der Waals surface area contributed by atoms with E-state index in [0.29, 0.717) is 18.8 Å². The Bertz CT molecular complexity index is 914. The number of hydrogen-bond donors (Lipinski definition) is 2. The molecule has 1 saturated heterocycles. The van der Waals surface area contributed by atoms with Gasteiger partial charge in [0.2, 0.25) is 0 Å². The van der Waals surface area contributed by atoms with Crippen molar-refractivity contribution in [1.29, 1.82) is 0 Å². The minimum Gasteiger partial charge on any atom is -0.394 e. The Morgan fingerprint density at radius 2 is 2.11 bits per heavy atom. The fourth-order valence-corrected chi connectivity index (χ4v) is 3.07. The van der Waals surface area contributed by atoms with Crippen molar-refractivity contribution in [1.82, 2.24) is 9.97 Å². The number of nitrogens with zero attached hydrogens (tertiary/aromatic N) is 3. The number of hydrogen-bond acceptors (Lipinski definition) is 7. The first-order valence-corrected chi connectivity index (χ1v) is 9.15. The fraction of sp³-hybridized carbons (Fsp3) is 0.286. The summed E-state index contributed by atoms with van der Waals surface area (Å²) in [5, 5.41) is 13.3. The summed E-state index contributed by atoms with van der Waals surface area (Å²) in [6.07, 6.45) is 4.00. The molecule has 0 radical (unpaired) electrons. The smallest absolute Gasteiger partial charge is 0.168 e. The lowest BCUT2D eigenvalue weighted by atomic mass is 10.2. The third-order valence-electron chi connectivity index (χ3n) is 4.50. The number of benzene rings is 1. The number of aliphatic hydroxyl groups excluding tert-OH is 1. The van der Waals surface area contributed by atoms with Crippen molar-refractivity contribution < 1.29 is 14.6 Å². The molecule has 2 N–H and O–H groups in total. The molecule has 1 fully saturated rings. The first kappa shape index (κ1) is 19.7. The molecule has 3 aromatic rings. The highest BCUT2D eigenvalue weighted by molar-refractivity contribution is 5.89. The van der Waals surface area contributed by atoms with E-state index in [2.05, 4.69) is 32.3 Å². The van der Waals surface area contributed by atoms with E-state index in [1.807, 2.05) is 37.5 Å². The lowest BCUT2D eigenvalue weighted by Gasteiger charge is -2.33. The molecule has 0 spiro atoms. The maximum absolute atomic E-state index is 10.6. The molecule has 28 heavy (non-hydrogen) atoms. The highest BCUT2D eigenvalue weighted by Gasteiger charge is 2.20. The van der Waals surface area contributed by atoms with Gasteiger partial charge in [-0.1, -0.05) is 18.2 Å². The van der Waals surface area contributed by atoms with Crippen molar-refractivity contribution in [2.24, 2.45) is 0 Å². The SMILES string of the molecule is CNc1cccc2cccnc12.O=Cc1cc(N2CCO[C@H](CO)C2)ccn1. The van der Waals surface area contributed by atoms with E-state index < -0.39 is 0 Å². The Labute approximate surface area is 164 Å². The minimum atomic E-state index is -0.151. The van der Waals surface area contributed by atoms with E-state index in [-0.39, 0.29) is 12.7 Å². The maximum atomic E-state index is 10.6. The fourth-order valence-electron chi connectivity index (χ4n) is 3.07. The number of fused-ring (bicyclic) bond motifs is 1. The maximum Gasteiger partial charge on any atom is 0.168 e. The molecule has 2 aromatic heterocycles. The summed E-state index contributed by atoms with van der Waals surface area (Å²) in [4.78, 5) is 20.9. The van der Waals surface area contributed by atoms with Gasteiger partial charge in [0, 0.05) is 43.6 Å². The van der Waals surface area contributed by atoms with Crippen molar-refractivity contribution in [2.75, 3.05) is 43.6 Å². The molecule has 7 heteroatoms. The summed E-state index contributed by atoms with van der Waals surface area (Å²) in [5.41, 5.74) is 3.47. The third kappa shape index (κ3) is 4.82. The summed E-state index contributed by atoms with van der Waals surface area (Å²) in [7, 11) is 1.91. The number of pyridine rings is 2. The molecular weight excluding hydrogens is 356 g/mol. The Hall–Kier alpha value is -3.03. The van der Waals surface area contributed by atoms with Crippen LogP contribution in [0.15, 0.2) is 54.9 Å². The van der Waals surface area contributed by atoms with Gasteiger partial charge in [0.15, 0.2) is 6.29 Å². The van der Waals surface area contributed by atoms with Gasteiger partial charge in [-0.25, -0.2) is 0 Å². The number of carbonyl (C=O) groups excluding carboxylic acids is 1. The number of rotatable bonds is 4. The molecule has 0 amide bonds.